The number of rotatable bonds is 5. The molecule has 0 radical (unpaired) electrons. The lowest BCUT2D eigenvalue weighted by Crippen LogP contribution is -2.11. The van der Waals surface area contributed by atoms with Gasteiger partial charge in [0.1, 0.15) is 12.4 Å². The number of amidine groups is 1. The maximum Gasteiger partial charge on any atom is 0.161 e. The summed E-state index contributed by atoms with van der Waals surface area (Å²) in [6.07, 6.45) is 3.56. The number of ether oxygens (including phenoxy) is 2. The highest BCUT2D eigenvalue weighted by Gasteiger charge is 2.07. The third kappa shape index (κ3) is 3.26. The van der Waals surface area contributed by atoms with Crippen LogP contribution in [0.4, 0.5) is 0 Å². The van der Waals surface area contributed by atoms with Gasteiger partial charge in [-0.2, -0.15) is 0 Å². The first-order valence-corrected chi connectivity index (χ1v) is 6.16. The van der Waals surface area contributed by atoms with Crippen molar-refractivity contribution in [3.05, 3.63) is 53.3 Å². The van der Waals surface area contributed by atoms with Gasteiger partial charge < -0.3 is 15.2 Å². The Morgan fingerprint density at radius 2 is 2.05 bits per heavy atom. The summed E-state index contributed by atoms with van der Waals surface area (Å²) in [5, 5.41) is 7.41. The third-order valence-corrected chi connectivity index (χ3v) is 2.80. The number of pyridine rings is 1. The van der Waals surface area contributed by atoms with Crippen molar-refractivity contribution < 1.29 is 9.47 Å². The topological polar surface area (TPSA) is 81.2 Å². The molecule has 1 aromatic heterocycles. The quantitative estimate of drug-likeness (QED) is 0.645. The number of nitrogens with one attached hydrogen (secondary N) is 1. The van der Waals surface area contributed by atoms with Gasteiger partial charge >= 0.3 is 0 Å². The number of nitrogens with zero attached hydrogens (tertiary/aromatic N) is 1. The van der Waals surface area contributed by atoms with Crippen LogP contribution in [-0.2, 0) is 6.61 Å². The Balaban J connectivity index is 2.15. The molecule has 0 unspecified atom stereocenters. The van der Waals surface area contributed by atoms with Gasteiger partial charge in [0.25, 0.3) is 0 Å². The highest BCUT2D eigenvalue weighted by molar-refractivity contribution is 5.95. The maximum absolute atomic E-state index is 7.41. The molecule has 2 rings (SSSR count). The van der Waals surface area contributed by atoms with Crippen LogP contribution in [0.15, 0.2) is 36.7 Å². The minimum Gasteiger partial charge on any atom is -0.493 e. The highest BCUT2D eigenvalue weighted by atomic mass is 16.5. The smallest absolute Gasteiger partial charge is 0.161 e. The largest absolute Gasteiger partial charge is 0.493 e. The monoisotopic (exact) mass is 271 g/mol. The summed E-state index contributed by atoms with van der Waals surface area (Å²) in [6.45, 7) is 2.39. The molecule has 0 amide bonds. The van der Waals surface area contributed by atoms with Gasteiger partial charge in [0, 0.05) is 23.5 Å². The molecule has 5 heteroatoms. The summed E-state index contributed by atoms with van der Waals surface area (Å²) in [5.41, 5.74) is 8.13. The average molecular weight is 271 g/mol. The second kappa shape index (κ2) is 6.06. The Labute approximate surface area is 117 Å². The zero-order valence-corrected chi connectivity index (χ0v) is 11.5. The molecule has 0 bridgehead atoms. The van der Waals surface area contributed by atoms with Crippen molar-refractivity contribution in [2.24, 2.45) is 5.73 Å². The molecule has 0 atom stereocenters. The zero-order valence-electron chi connectivity index (χ0n) is 11.5. The minimum absolute atomic E-state index is 0.00210. The van der Waals surface area contributed by atoms with Crippen molar-refractivity contribution in [2.45, 2.75) is 13.5 Å². The first-order valence-electron chi connectivity index (χ1n) is 6.16. The number of benzene rings is 1. The van der Waals surface area contributed by atoms with E-state index in [1.54, 1.807) is 37.7 Å². The highest BCUT2D eigenvalue weighted by Crippen LogP contribution is 2.28. The molecule has 0 aliphatic heterocycles. The SMILES string of the molecule is COc1cc(C(=N)N)ccc1OCc1cncc(C)c1. The maximum atomic E-state index is 7.41. The number of methoxy groups -OCH3 is 1. The van der Waals surface area contributed by atoms with E-state index < -0.39 is 0 Å². The number of nitrogens with two attached hydrogens (primary N) is 1. The molecule has 104 valence electrons. The standard InChI is InChI=1S/C15H17N3O2/c1-10-5-11(8-18-7-10)9-20-13-4-3-12(15(16)17)6-14(13)19-2/h3-8H,9H2,1-2H3,(H3,16,17). The summed E-state index contributed by atoms with van der Waals surface area (Å²) >= 11 is 0. The molecule has 0 aliphatic rings. The van der Waals surface area contributed by atoms with Crippen LogP contribution in [-0.4, -0.2) is 17.9 Å². The van der Waals surface area contributed by atoms with Crippen molar-refractivity contribution in [2.75, 3.05) is 7.11 Å². The molecular weight excluding hydrogens is 254 g/mol. The molecular formula is C15H17N3O2. The van der Waals surface area contributed by atoms with E-state index in [-0.39, 0.29) is 5.84 Å². The molecule has 3 N–H and O–H groups in total. The van der Waals surface area contributed by atoms with Crippen molar-refractivity contribution in [3.63, 3.8) is 0 Å². The van der Waals surface area contributed by atoms with E-state index in [9.17, 15) is 0 Å². The molecule has 1 heterocycles. The fourth-order valence-electron chi connectivity index (χ4n) is 1.81. The Hall–Kier alpha value is -2.56. The molecule has 5 nitrogen and oxygen atoms in total. The van der Waals surface area contributed by atoms with E-state index in [1.165, 1.54) is 0 Å². The van der Waals surface area contributed by atoms with Crippen LogP contribution in [0.1, 0.15) is 16.7 Å². The van der Waals surface area contributed by atoms with Crippen molar-refractivity contribution in [1.29, 1.82) is 5.41 Å². The van der Waals surface area contributed by atoms with Crippen LogP contribution < -0.4 is 15.2 Å². The second-order valence-corrected chi connectivity index (χ2v) is 4.44. The fourth-order valence-corrected chi connectivity index (χ4v) is 1.81. The lowest BCUT2D eigenvalue weighted by atomic mass is 10.2. The van der Waals surface area contributed by atoms with Crippen LogP contribution in [0, 0.1) is 12.3 Å². The predicted molar refractivity (Wildman–Crippen MR) is 77.3 cm³/mol. The average Bonchev–Trinajstić information content (AvgIpc) is 2.45. The summed E-state index contributed by atoms with van der Waals surface area (Å²) < 4.78 is 11.0. The van der Waals surface area contributed by atoms with Crippen molar-refractivity contribution in [1.82, 2.24) is 4.98 Å². The fraction of sp³-hybridized carbons (Fsp3) is 0.200. The molecule has 2 aromatic rings. The van der Waals surface area contributed by atoms with E-state index in [4.69, 9.17) is 20.6 Å². The first kappa shape index (κ1) is 13.9. The van der Waals surface area contributed by atoms with Crippen LogP contribution in [0.3, 0.4) is 0 Å². The Bertz CT molecular complexity index is 626. The van der Waals surface area contributed by atoms with Crippen LogP contribution in [0.25, 0.3) is 0 Å². The minimum atomic E-state index is -0.00210. The Morgan fingerprint density at radius 1 is 1.25 bits per heavy atom. The molecule has 0 saturated carbocycles. The number of aromatic nitrogens is 1. The summed E-state index contributed by atoms with van der Waals surface area (Å²) in [4.78, 5) is 4.12. The van der Waals surface area contributed by atoms with Gasteiger partial charge in [0.05, 0.1) is 7.11 Å². The number of hydrogen-bond acceptors (Lipinski definition) is 4. The Morgan fingerprint density at radius 3 is 2.70 bits per heavy atom. The molecule has 20 heavy (non-hydrogen) atoms. The predicted octanol–water partition coefficient (Wildman–Crippen LogP) is 2.26. The van der Waals surface area contributed by atoms with Gasteiger partial charge in [-0.15, -0.1) is 0 Å². The van der Waals surface area contributed by atoms with Gasteiger partial charge in [-0.1, -0.05) is 0 Å². The van der Waals surface area contributed by atoms with E-state index in [2.05, 4.69) is 4.98 Å². The first-order chi connectivity index (χ1) is 9.60. The molecule has 0 aliphatic carbocycles. The van der Waals surface area contributed by atoms with Gasteiger partial charge in [0.2, 0.25) is 0 Å². The van der Waals surface area contributed by atoms with Gasteiger partial charge in [-0.3, -0.25) is 10.4 Å². The van der Waals surface area contributed by atoms with Crippen LogP contribution >= 0.6 is 0 Å². The lowest BCUT2D eigenvalue weighted by Gasteiger charge is -2.12. The molecule has 0 fully saturated rings. The van der Waals surface area contributed by atoms with E-state index >= 15 is 0 Å². The lowest BCUT2D eigenvalue weighted by molar-refractivity contribution is 0.284. The summed E-state index contributed by atoms with van der Waals surface area (Å²) in [7, 11) is 1.56. The van der Waals surface area contributed by atoms with Gasteiger partial charge in [0.15, 0.2) is 11.5 Å². The summed E-state index contributed by atoms with van der Waals surface area (Å²) in [5.74, 6) is 1.16. The number of aryl methyl sites for hydroxylation is 1. The van der Waals surface area contributed by atoms with Crippen molar-refractivity contribution in [3.8, 4) is 11.5 Å². The number of hydrogen-bond donors (Lipinski definition) is 2. The summed E-state index contributed by atoms with van der Waals surface area (Å²) in [6, 6.07) is 7.18. The van der Waals surface area contributed by atoms with E-state index in [1.807, 2.05) is 13.0 Å². The second-order valence-electron chi connectivity index (χ2n) is 4.44. The molecule has 0 saturated heterocycles. The van der Waals surface area contributed by atoms with Crippen LogP contribution in [0.5, 0.6) is 11.5 Å². The van der Waals surface area contributed by atoms with Crippen molar-refractivity contribution >= 4 is 5.84 Å². The van der Waals surface area contributed by atoms with E-state index in [0.29, 0.717) is 23.7 Å². The van der Waals surface area contributed by atoms with Gasteiger partial charge in [-0.05, 0) is 36.8 Å². The van der Waals surface area contributed by atoms with Gasteiger partial charge in [-0.25, -0.2) is 0 Å². The van der Waals surface area contributed by atoms with Crippen LogP contribution in [0.2, 0.25) is 0 Å². The normalized spacial score (nSPS) is 10.1. The molecule has 1 aromatic carbocycles. The van der Waals surface area contributed by atoms with E-state index in [0.717, 1.165) is 11.1 Å². The molecule has 0 spiro atoms. The third-order valence-electron chi connectivity index (χ3n) is 2.80. The zero-order chi connectivity index (χ0) is 14.5. The number of nitrogen functional groups attached to an aromatic ring is 1. The Kier molecular flexibility index (Phi) is 4.20.